The summed E-state index contributed by atoms with van der Waals surface area (Å²) in [5, 5.41) is 11.9. The molecule has 3 heterocycles. The predicted molar refractivity (Wildman–Crippen MR) is 161 cm³/mol. The van der Waals surface area contributed by atoms with E-state index in [4.69, 9.17) is 14.2 Å². The van der Waals surface area contributed by atoms with Gasteiger partial charge in [-0.15, -0.1) is 5.10 Å². The van der Waals surface area contributed by atoms with Gasteiger partial charge in [0, 0.05) is 20.1 Å². The number of halogens is 7. The van der Waals surface area contributed by atoms with E-state index < -0.39 is 53.4 Å². The third-order valence-corrected chi connectivity index (χ3v) is 9.30. The molecule has 2 saturated heterocycles. The molecule has 0 radical (unpaired) electrons. The summed E-state index contributed by atoms with van der Waals surface area (Å²) in [6.45, 7) is 0.0739. The van der Waals surface area contributed by atoms with Crippen LogP contribution in [0.5, 0.6) is 0 Å². The molecule has 0 amide bonds. The molecular weight excluding hydrogens is 659 g/mol. The van der Waals surface area contributed by atoms with Crippen LogP contribution in [0.4, 0.5) is 30.7 Å². The van der Waals surface area contributed by atoms with Crippen LogP contribution in [0.25, 0.3) is 0 Å². The monoisotopic (exact) mass is 693 g/mol. The lowest BCUT2D eigenvalue weighted by Gasteiger charge is -2.50. The fourth-order valence-corrected chi connectivity index (χ4v) is 7.21. The van der Waals surface area contributed by atoms with Crippen molar-refractivity contribution < 1.29 is 44.9 Å². The average molecular weight is 694 g/mol. The van der Waals surface area contributed by atoms with Gasteiger partial charge in [-0.25, -0.2) is 9.07 Å². The van der Waals surface area contributed by atoms with Crippen LogP contribution in [-0.4, -0.2) is 57.6 Å². The molecule has 6 rings (SSSR count). The molecule has 4 unspecified atom stereocenters. The van der Waals surface area contributed by atoms with Gasteiger partial charge in [-0.05, 0) is 58.2 Å². The Labute approximate surface area is 277 Å². The van der Waals surface area contributed by atoms with E-state index in [1.807, 2.05) is 47.4 Å². The van der Waals surface area contributed by atoms with Crippen molar-refractivity contribution >= 4 is 0 Å². The number of methoxy groups -OCH3 is 1. The first kappa shape index (κ1) is 34.9. The van der Waals surface area contributed by atoms with Crippen molar-refractivity contribution in [1.82, 2.24) is 25.1 Å². The number of fused-ring (bicyclic) bond motifs is 2. The van der Waals surface area contributed by atoms with Crippen LogP contribution >= 0.6 is 0 Å². The summed E-state index contributed by atoms with van der Waals surface area (Å²) in [7, 11) is 1.52. The minimum Gasteiger partial charge on any atom is -0.382 e. The summed E-state index contributed by atoms with van der Waals surface area (Å²) in [6.07, 6.45) is -10.6. The summed E-state index contributed by atoms with van der Waals surface area (Å²) in [6, 6.07) is 19.0. The second-order valence-corrected chi connectivity index (χ2v) is 12.3. The summed E-state index contributed by atoms with van der Waals surface area (Å²) in [4.78, 5) is 1.99. The molecule has 262 valence electrons. The van der Waals surface area contributed by atoms with Crippen molar-refractivity contribution in [2.24, 2.45) is 0 Å². The second kappa shape index (κ2) is 13.8. The first-order valence-electron chi connectivity index (χ1n) is 15.6. The fourth-order valence-electron chi connectivity index (χ4n) is 7.21. The number of piperidine rings is 1. The molecule has 2 bridgehead atoms. The molecule has 1 aromatic heterocycles. The van der Waals surface area contributed by atoms with Crippen LogP contribution in [0.1, 0.15) is 52.9 Å². The Morgan fingerprint density at radius 1 is 0.837 bits per heavy atom. The molecule has 4 aromatic rings. The zero-order chi connectivity index (χ0) is 34.9. The van der Waals surface area contributed by atoms with Crippen molar-refractivity contribution in [1.29, 1.82) is 0 Å². The Balaban J connectivity index is 1.42. The Morgan fingerprint density at radius 2 is 1.49 bits per heavy atom. The third kappa shape index (κ3) is 6.94. The maximum Gasteiger partial charge on any atom is 0.416 e. The van der Waals surface area contributed by atoms with Gasteiger partial charge in [-0.3, -0.25) is 4.90 Å². The number of hydrogen-bond acceptors (Lipinski definition) is 7. The molecule has 0 N–H and O–H groups in total. The van der Waals surface area contributed by atoms with Gasteiger partial charge in [-0.1, -0.05) is 60.7 Å². The zero-order valence-corrected chi connectivity index (χ0v) is 26.4. The van der Waals surface area contributed by atoms with Crippen LogP contribution in [0.2, 0.25) is 0 Å². The van der Waals surface area contributed by atoms with Crippen molar-refractivity contribution in [3.8, 4) is 0 Å². The minimum atomic E-state index is -5.01. The SMILES string of the molecule is COCCOCn1nnnc1C1(F)CC2(c3ccccc3)C(OCc3cc(C(F)(F)F)cc(C(F)(F)F)c3)CCC1N2Cc1ccccc1. The number of alkyl halides is 7. The van der Waals surface area contributed by atoms with Gasteiger partial charge in [0.1, 0.15) is 6.73 Å². The molecule has 49 heavy (non-hydrogen) atoms. The van der Waals surface area contributed by atoms with E-state index >= 15 is 4.39 Å². The molecule has 2 aliphatic heterocycles. The van der Waals surface area contributed by atoms with Crippen LogP contribution in [-0.2, 0) is 57.7 Å². The highest BCUT2D eigenvalue weighted by Gasteiger charge is 2.68. The third-order valence-electron chi connectivity index (χ3n) is 9.30. The zero-order valence-electron chi connectivity index (χ0n) is 26.4. The molecule has 8 nitrogen and oxygen atoms in total. The molecule has 0 saturated carbocycles. The number of aromatic nitrogens is 4. The number of hydrogen-bond donors (Lipinski definition) is 0. The molecule has 2 fully saturated rings. The van der Waals surface area contributed by atoms with Crippen molar-refractivity contribution in [2.45, 2.75) is 74.9 Å². The van der Waals surface area contributed by atoms with Crippen LogP contribution in [0.15, 0.2) is 78.9 Å². The maximum atomic E-state index is 18.1. The van der Waals surface area contributed by atoms with E-state index in [9.17, 15) is 26.3 Å². The number of benzene rings is 3. The average Bonchev–Trinajstić information content (AvgIpc) is 3.61. The lowest BCUT2D eigenvalue weighted by molar-refractivity contribution is -0.143. The highest BCUT2D eigenvalue weighted by atomic mass is 19.4. The number of ether oxygens (including phenoxy) is 3. The van der Waals surface area contributed by atoms with Gasteiger partial charge in [0.2, 0.25) is 0 Å². The molecule has 4 atom stereocenters. The lowest BCUT2D eigenvalue weighted by atomic mass is 9.78. The molecule has 2 aliphatic rings. The van der Waals surface area contributed by atoms with Crippen molar-refractivity contribution in [3.63, 3.8) is 0 Å². The topological polar surface area (TPSA) is 74.5 Å². The summed E-state index contributed by atoms with van der Waals surface area (Å²) in [5.41, 5.74) is -5.01. The molecular formula is C34H34F7N5O3. The Hall–Kier alpha value is -3.92. The fraction of sp³-hybridized carbons (Fsp3) is 0.441. The maximum absolute atomic E-state index is 18.1. The van der Waals surface area contributed by atoms with Gasteiger partial charge in [0.15, 0.2) is 11.5 Å². The largest absolute Gasteiger partial charge is 0.416 e. The smallest absolute Gasteiger partial charge is 0.382 e. The summed E-state index contributed by atoms with van der Waals surface area (Å²) >= 11 is 0. The Bertz CT molecular complexity index is 1670. The summed E-state index contributed by atoms with van der Waals surface area (Å²) < 4.78 is 118. The predicted octanol–water partition coefficient (Wildman–Crippen LogP) is 7.05. The highest BCUT2D eigenvalue weighted by Crippen LogP contribution is 2.61. The molecule has 15 heteroatoms. The number of tetrazole rings is 1. The van der Waals surface area contributed by atoms with Crippen LogP contribution in [0.3, 0.4) is 0 Å². The molecule has 3 aromatic carbocycles. The van der Waals surface area contributed by atoms with E-state index in [0.717, 1.165) is 5.56 Å². The standard InChI is InChI=1S/C34H34F7N5O3/c1-47-14-15-48-22-46-30(42-43-44-46)31(35)21-32(25-10-6-3-7-11-25)29(13-12-28(31)45(32)19-23-8-4-2-5-9-23)49-20-24-16-26(33(36,37)38)18-27(17-24)34(39,40)41/h2-11,16-18,28-29H,12-15,19-22H2,1H3. The Kier molecular flexibility index (Phi) is 9.81. The summed E-state index contributed by atoms with van der Waals surface area (Å²) in [5.74, 6) is -0.0564. The van der Waals surface area contributed by atoms with Gasteiger partial charge < -0.3 is 14.2 Å². The van der Waals surface area contributed by atoms with E-state index in [-0.39, 0.29) is 56.6 Å². The van der Waals surface area contributed by atoms with Gasteiger partial charge in [-0.2, -0.15) is 26.3 Å². The normalized spacial score (nSPS) is 24.4. The van der Waals surface area contributed by atoms with Crippen molar-refractivity contribution in [3.05, 3.63) is 113 Å². The highest BCUT2D eigenvalue weighted by molar-refractivity contribution is 5.37. The molecule has 0 spiro atoms. The van der Waals surface area contributed by atoms with E-state index in [2.05, 4.69) is 15.5 Å². The minimum absolute atomic E-state index is 0.0564. The van der Waals surface area contributed by atoms with Crippen molar-refractivity contribution in [2.75, 3.05) is 20.3 Å². The van der Waals surface area contributed by atoms with Gasteiger partial charge >= 0.3 is 12.4 Å². The van der Waals surface area contributed by atoms with E-state index in [0.29, 0.717) is 24.3 Å². The van der Waals surface area contributed by atoms with Crippen LogP contribution < -0.4 is 0 Å². The molecule has 0 aliphatic carbocycles. The Morgan fingerprint density at radius 3 is 2.12 bits per heavy atom. The number of nitrogens with zero attached hydrogens (tertiary/aromatic N) is 5. The quantitative estimate of drug-likeness (QED) is 0.116. The lowest BCUT2D eigenvalue weighted by Crippen LogP contribution is -2.57. The van der Waals surface area contributed by atoms with E-state index in [1.165, 1.54) is 11.8 Å². The van der Waals surface area contributed by atoms with Gasteiger partial charge in [0.05, 0.1) is 48.6 Å². The van der Waals surface area contributed by atoms with Gasteiger partial charge in [0.25, 0.3) is 0 Å². The van der Waals surface area contributed by atoms with E-state index in [1.54, 1.807) is 18.2 Å². The number of rotatable bonds is 12. The first-order chi connectivity index (χ1) is 23.4. The first-order valence-corrected chi connectivity index (χ1v) is 15.6. The second-order valence-electron chi connectivity index (χ2n) is 12.3. The van der Waals surface area contributed by atoms with Crippen LogP contribution in [0, 0.1) is 0 Å².